The summed E-state index contributed by atoms with van der Waals surface area (Å²) in [7, 11) is 1.63. The minimum Gasteiger partial charge on any atom is -0.423 e. The van der Waals surface area contributed by atoms with Gasteiger partial charge in [0, 0.05) is 33.4 Å². The van der Waals surface area contributed by atoms with Gasteiger partial charge in [0.2, 0.25) is 16.9 Å². The van der Waals surface area contributed by atoms with E-state index in [2.05, 4.69) is 32.6 Å². The molecule has 1 N–H and O–H groups in total. The Kier molecular flexibility index (Phi) is 5.05. The third-order valence-corrected chi connectivity index (χ3v) is 4.73. The zero-order valence-corrected chi connectivity index (χ0v) is 14.7. The van der Waals surface area contributed by atoms with E-state index in [1.165, 1.54) is 11.3 Å². The average molecular weight is 352 g/mol. The van der Waals surface area contributed by atoms with Crippen molar-refractivity contribution in [2.24, 2.45) is 0 Å². The van der Waals surface area contributed by atoms with Crippen LogP contribution in [0.1, 0.15) is 42.6 Å². The molecule has 9 nitrogen and oxygen atoms in total. The number of carbonyl (C=O) groups excluding carboxylic acids is 1. The van der Waals surface area contributed by atoms with Gasteiger partial charge >= 0.3 is 6.03 Å². The van der Waals surface area contributed by atoms with Crippen LogP contribution in [0, 0.1) is 6.92 Å². The molecule has 1 fully saturated rings. The lowest BCUT2D eigenvalue weighted by Crippen LogP contribution is -2.35. The Morgan fingerprint density at radius 1 is 1.42 bits per heavy atom. The van der Waals surface area contributed by atoms with Crippen molar-refractivity contribution in [3.63, 3.8) is 0 Å². The molecule has 24 heavy (non-hydrogen) atoms. The SMILES string of the molecule is CCCc1nnc(NC(=O)N2C[C@@H](OC)C[C@@H]2c2nnc(C)o2)s1. The van der Waals surface area contributed by atoms with E-state index >= 15 is 0 Å². The highest BCUT2D eigenvalue weighted by Crippen LogP contribution is 2.33. The van der Waals surface area contributed by atoms with E-state index in [4.69, 9.17) is 9.15 Å². The molecule has 0 saturated carbocycles. The van der Waals surface area contributed by atoms with Gasteiger partial charge in [-0.3, -0.25) is 5.32 Å². The summed E-state index contributed by atoms with van der Waals surface area (Å²) < 4.78 is 10.9. The first-order valence-electron chi connectivity index (χ1n) is 7.83. The van der Waals surface area contributed by atoms with Crippen LogP contribution in [0.4, 0.5) is 9.93 Å². The topological polar surface area (TPSA) is 106 Å². The number of urea groups is 1. The van der Waals surface area contributed by atoms with Crippen molar-refractivity contribution in [3.8, 4) is 0 Å². The third kappa shape index (κ3) is 3.54. The van der Waals surface area contributed by atoms with Gasteiger partial charge in [0.1, 0.15) is 11.0 Å². The van der Waals surface area contributed by atoms with Crippen molar-refractivity contribution in [3.05, 3.63) is 16.8 Å². The van der Waals surface area contributed by atoms with Crippen molar-refractivity contribution in [2.45, 2.75) is 45.3 Å². The highest BCUT2D eigenvalue weighted by molar-refractivity contribution is 7.15. The van der Waals surface area contributed by atoms with Crippen molar-refractivity contribution >= 4 is 22.5 Å². The molecule has 3 heterocycles. The molecule has 0 aliphatic carbocycles. The molecule has 3 rings (SSSR count). The summed E-state index contributed by atoms with van der Waals surface area (Å²) in [5.41, 5.74) is 0. The maximum absolute atomic E-state index is 12.6. The number of aromatic nitrogens is 4. The second-order valence-electron chi connectivity index (χ2n) is 5.60. The molecule has 10 heteroatoms. The first-order valence-corrected chi connectivity index (χ1v) is 8.65. The molecule has 1 aliphatic heterocycles. The number of hydrogen-bond acceptors (Lipinski definition) is 8. The molecule has 0 spiro atoms. The van der Waals surface area contributed by atoms with E-state index in [1.807, 2.05) is 0 Å². The maximum Gasteiger partial charge on any atom is 0.324 e. The van der Waals surface area contributed by atoms with E-state index in [1.54, 1.807) is 18.9 Å². The molecule has 2 atom stereocenters. The van der Waals surface area contributed by atoms with Crippen LogP contribution in [0.15, 0.2) is 4.42 Å². The van der Waals surface area contributed by atoms with Crippen LogP contribution in [0.25, 0.3) is 0 Å². The van der Waals surface area contributed by atoms with Crippen LogP contribution in [0.2, 0.25) is 0 Å². The molecule has 0 aromatic carbocycles. The predicted molar refractivity (Wildman–Crippen MR) is 86.8 cm³/mol. The minimum absolute atomic E-state index is 0.0713. The first kappa shape index (κ1) is 16.8. The summed E-state index contributed by atoms with van der Waals surface area (Å²) in [6.45, 7) is 4.25. The molecular weight excluding hydrogens is 332 g/mol. The second kappa shape index (κ2) is 7.22. The van der Waals surface area contributed by atoms with Crippen molar-refractivity contribution in [1.82, 2.24) is 25.3 Å². The second-order valence-corrected chi connectivity index (χ2v) is 6.66. The van der Waals surface area contributed by atoms with Crippen molar-refractivity contribution in [2.75, 3.05) is 19.0 Å². The maximum atomic E-state index is 12.6. The van der Waals surface area contributed by atoms with E-state index in [-0.39, 0.29) is 18.2 Å². The number of aryl methyl sites for hydroxylation is 2. The summed E-state index contributed by atoms with van der Waals surface area (Å²) in [4.78, 5) is 14.3. The summed E-state index contributed by atoms with van der Waals surface area (Å²) >= 11 is 1.39. The summed E-state index contributed by atoms with van der Waals surface area (Å²) in [5.74, 6) is 0.894. The molecule has 130 valence electrons. The quantitative estimate of drug-likeness (QED) is 0.879. The number of rotatable bonds is 5. The van der Waals surface area contributed by atoms with Gasteiger partial charge in [-0.2, -0.15) is 0 Å². The number of likely N-dealkylation sites (tertiary alicyclic amines) is 1. The lowest BCUT2D eigenvalue weighted by molar-refractivity contribution is 0.111. The number of methoxy groups -OCH3 is 1. The van der Waals surface area contributed by atoms with E-state index in [0.29, 0.717) is 29.9 Å². The van der Waals surface area contributed by atoms with Gasteiger partial charge < -0.3 is 14.1 Å². The van der Waals surface area contributed by atoms with Gasteiger partial charge in [0.25, 0.3) is 0 Å². The lowest BCUT2D eigenvalue weighted by Gasteiger charge is -2.21. The largest absolute Gasteiger partial charge is 0.423 e. The Labute approximate surface area is 143 Å². The molecule has 1 saturated heterocycles. The normalized spacial score (nSPS) is 20.5. The van der Waals surface area contributed by atoms with Gasteiger partial charge in [-0.25, -0.2) is 4.79 Å². The Hall–Kier alpha value is -2.07. The number of nitrogens with zero attached hydrogens (tertiary/aromatic N) is 5. The predicted octanol–water partition coefficient (Wildman–Crippen LogP) is 2.18. The fraction of sp³-hybridized carbons (Fsp3) is 0.643. The number of nitrogens with one attached hydrogen (secondary N) is 1. The van der Waals surface area contributed by atoms with Gasteiger partial charge in [0.05, 0.1) is 6.10 Å². The van der Waals surface area contributed by atoms with Crippen LogP contribution in [0.5, 0.6) is 0 Å². The van der Waals surface area contributed by atoms with Crippen LogP contribution < -0.4 is 5.32 Å². The molecule has 2 aromatic heterocycles. The number of ether oxygens (including phenoxy) is 1. The molecule has 2 amide bonds. The molecule has 0 radical (unpaired) electrons. The van der Waals surface area contributed by atoms with Crippen LogP contribution in [0.3, 0.4) is 0 Å². The van der Waals surface area contributed by atoms with Crippen molar-refractivity contribution < 1.29 is 13.9 Å². The Morgan fingerprint density at radius 3 is 2.92 bits per heavy atom. The highest BCUT2D eigenvalue weighted by atomic mass is 32.1. The lowest BCUT2D eigenvalue weighted by atomic mass is 10.2. The molecule has 0 unspecified atom stereocenters. The smallest absolute Gasteiger partial charge is 0.324 e. The average Bonchev–Trinajstić information content (AvgIpc) is 3.27. The zero-order chi connectivity index (χ0) is 17.1. The zero-order valence-electron chi connectivity index (χ0n) is 13.9. The van der Waals surface area contributed by atoms with E-state index in [0.717, 1.165) is 17.8 Å². The molecule has 1 aliphatic rings. The summed E-state index contributed by atoms with van der Waals surface area (Å²) in [6, 6.07) is -0.575. The number of hydrogen-bond donors (Lipinski definition) is 1. The Balaban J connectivity index is 1.73. The molecule has 2 aromatic rings. The van der Waals surface area contributed by atoms with Gasteiger partial charge in [-0.05, 0) is 6.42 Å². The Bertz CT molecular complexity index is 702. The molecular formula is C14H20N6O3S. The number of carbonyl (C=O) groups is 1. The van der Waals surface area contributed by atoms with Gasteiger partial charge in [-0.15, -0.1) is 20.4 Å². The summed E-state index contributed by atoms with van der Waals surface area (Å²) in [5, 5.41) is 20.2. The van der Waals surface area contributed by atoms with E-state index < -0.39 is 0 Å². The van der Waals surface area contributed by atoms with E-state index in [9.17, 15) is 4.79 Å². The monoisotopic (exact) mass is 352 g/mol. The number of amides is 2. The number of anilines is 1. The molecule has 0 bridgehead atoms. The van der Waals surface area contributed by atoms with Crippen LogP contribution >= 0.6 is 11.3 Å². The first-order chi connectivity index (χ1) is 11.6. The van der Waals surface area contributed by atoms with Crippen molar-refractivity contribution in [1.29, 1.82) is 0 Å². The fourth-order valence-corrected chi connectivity index (χ4v) is 3.49. The van der Waals surface area contributed by atoms with Gasteiger partial charge in [0.15, 0.2) is 0 Å². The highest BCUT2D eigenvalue weighted by Gasteiger charge is 2.39. The van der Waals surface area contributed by atoms with Crippen LogP contribution in [-0.4, -0.2) is 51.1 Å². The van der Waals surface area contributed by atoms with Crippen LogP contribution in [-0.2, 0) is 11.2 Å². The van der Waals surface area contributed by atoms with Gasteiger partial charge in [-0.1, -0.05) is 18.3 Å². The fourth-order valence-electron chi connectivity index (χ4n) is 2.66. The standard InChI is InChI=1S/C14H20N6O3S/c1-4-5-11-17-19-13(24-11)15-14(21)20-7-9(22-3)6-10(20)12-18-16-8(2)23-12/h9-10H,4-7H2,1-3H3,(H,15,19,21)/t9-,10+/m0/s1. The third-order valence-electron chi connectivity index (χ3n) is 3.83. The Morgan fingerprint density at radius 2 is 2.25 bits per heavy atom. The minimum atomic E-state index is -0.306. The summed E-state index contributed by atoms with van der Waals surface area (Å²) in [6.07, 6.45) is 2.39.